The van der Waals surface area contributed by atoms with Crippen molar-refractivity contribution in [3.63, 3.8) is 0 Å². The number of aryl methyl sites for hydroxylation is 1. The Kier molecular flexibility index (Phi) is 3.87. The van der Waals surface area contributed by atoms with Crippen molar-refractivity contribution in [3.05, 3.63) is 71.5 Å². The van der Waals surface area contributed by atoms with Gasteiger partial charge in [0.15, 0.2) is 0 Å². The highest BCUT2D eigenvalue weighted by atomic mass is 15.0. The van der Waals surface area contributed by atoms with Gasteiger partial charge in [-0.1, -0.05) is 30.3 Å². The molecule has 0 fully saturated rings. The van der Waals surface area contributed by atoms with Gasteiger partial charge in [0.1, 0.15) is 11.6 Å². The third-order valence-corrected chi connectivity index (χ3v) is 4.35. The van der Waals surface area contributed by atoms with Crippen LogP contribution in [0.5, 0.6) is 0 Å². The molecule has 1 aliphatic rings. The highest BCUT2D eigenvalue weighted by molar-refractivity contribution is 5.73. The monoisotopic (exact) mass is 316 g/mol. The first kappa shape index (κ1) is 14.7. The van der Waals surface area contributed by atoms with Gasteiger partial charge in [-0.25, -0.2) is 9.97 Å². The topological polar surface area (TPSA) is 49.8 Å². The Labute approximate surface area is 142 Å². The van der Waals surface area contributed by atoms with Gasteiger partial charge in [-0.05, 0) is 48.2 Å². The molecule has 0 bridgehead atoms. The van der Waals surface area contributed by atoms with Crippen LogP contribution in [-0.4, -0.2) is 16.5 Å². The Morgan fingerprint density at radius 3 is 2.79 bits per heavy atom. The predicted molar refractivity (Wildman–Crippen MR) is 98.2 cm³/mol. The molecular weight excluding hydrogens is 296 g/mol. The van der Waals surface area contributed by atoms with Gasteiger partial charge in [-0.15, -0.1) is 0 Å². The number of rotatable bonds is 4. The van der Waals surface area contributed by atoms with E-state index in [-0.39, 0.29) is 0 Å². The number of nitrogens with zero attached hydrogens (tertiary/aromatic N) is 2. The average molecular weight is 316 g/mol. The zero-order valence-electron chi connectivity index (χ0n) is 13.7. The van der Waals surface area contributed by atoms with E-state index in [4.69, 9.17) is 0 Å². The number of fused-ring (bicyclic) bond motifs is 1. The zero-order valence-corrected chi connectivity index (χ0v) is 13.7. The van der Waals surface area contributed by atoms with Crippen LogP contribution in [0.1, 0.15) is 16.8 Å². The van der Waals surface area contributed by atoms with E-state index in [2.05, 4.69) is 50.9 Å². The molecule has 0 spiro atoms. The molecule has 3 aromatic rings. The van der Waals surface area contributed by atoms with Crippen molar-refractivity contribution < 1.29 is 0 Å². The molecule has 4 rings (SSSR count). The van der Waals surface area contributed by atoms with Crippen LogP contribution in [0.2, 0.25) is 0 Å². The smallest absolute Gasteiger partial charge is 0.129 e. The molecule has 0 atom stereocenters. The van der Waals surface area contributed by atoms with Crippen molar-refractivity contribution in [2.75, 3.05) is 17.2 Å². The van der Waals surface area contributed by atoms with Crippen molar-refractivity contribution in [1.29, 1.82) is 0 Å². The van der Waals surface area contributed by atoms with E-state index in [1.807, 2.05) is 31.3 Å². The second-order valence-electron chi connectivity index (χ2n) is 6.08. The van der Waals surface area contributed by atoms with E-state index in [0.717, 1.165) is 36.8 Å². The van der Waals surface area contributed by atoms with E-state index in [0.29, 0.717) is 0 Å². The van der Waals surface area contributed by atoms with Crippen molar-refractivity contribution in [2.45, 2.75) is 19.9 Å². The van der Waals surface area contributed by atoms with E-state index >= 15 is 0 Å². The molecule has 0 unspecified atom stereocenters. The Morgan fingerprint density at radius 1 is 1.08 bits per heavy atom. The normalized spacial score (nSPS) is 12.5. The lowest BCUT2D eigenvalue weighted by Gasteiger charge is -2.10. The fourth-order valence-corrected chi connectivity index (χ4v) is 3.11. The highest BCUT2D eigenvalue weighted by Crippen LogP contribution is 2.31. The molecular formula is C20H20N4. The summed E-state index contributed by atoms with van der Waals surface area (Å²) >= 11 is 0. The Balaban J connectivity index is 1.50. The van der Waals surface area contributed by atoms with Gasteiger partial charge in [-0.3, -0.25) is 0 Å². The van der Waals surface area contributed by atoms with Crippen molar-refractivity contribution in [1.82, 2.24) is 9.97 Å². The fourth-order valence-electron chi connectivity index (χ4n) is 3.11. The maximum absolute atomic E-state index is 4.47. The molecule has 0 saturated heterocycles. The SMILES string of the molecule is Cc1cccc(NCc2ccc(-c3ccnc4c3CCN4)cc2)n1. The molecule has 0 saturated carbocycles. The van der Waals surface area contributed by atoms with Crippen LogP contribution in [0.25, 0.3) is 11.1 Å². The Hall–Kier alpha value is -2.88. The van der Waals surface area contributed by atoms with E-state index in [1.165, 1.54) is 22.3 Å². The number of hydrogen-bond donors (Lipinski definition) is 2. The first-order valence-corrected chi connectivity index (χ1v) is 8.28. The third kappa shape index (κ3) is 2.95. The fraction of sp³-hybridized carbons (Fsp3) is 0.200. The van der Waals surface area contributed by atoms with Crippen molar-refractivity contribution in [3.8, 4) is 11.1 Å². The molecule has 2 aromatic heterocycles. The number of nitrogens with one attached hydrogen (secondary N) is 2. The molecule has 3 heterocycles. The summed E-state index contributed by atoms with van der Waals surface area (Å²) in [6, 6.07) is 16.8. The number of pyridine rings is 2. The zero-order chi connectivity index (χ0) is 16.4. The molecule has 120 valence electrons. The van der Waals surface area contributed by atoms with Crippen LogP contribution < -0.4 is 10.6 Å². The highest BCUT2D eigenvalue weighted by Gasteiger charge is 2.15. The van der Waals surface area contributed by atoms with Crippen LogP contribution in [0.4, 0.5) is 11.6 Å². The second-order valence-corrected chi connectivity index (χ2v) is 6.08. The molecule has 1 aliphatic heterocycles. The number of benzene rings is 1. The van der Waals surface area contributed by atoms with E-state index in [1.54, 1.807) is 0 Å². The van der Waals surface area contributed by atoms with Gasteiger partial charge in [0.25, 0.3) is 0 Å². The second kappa shape index (κ2) is 6.32. The Bertz CT molecular complexity index is 856. The summed E-state index contributed by atoms with van der Waals surface area (Å²) in [4.78, 5) is 8.87. The Morgan fingerprint density at radius 2 is 1.96 bits per heavy atom. The minimum absolute atomic E-state index is 0.771. The summed E-state index contributed by atoms with van der Waals surface area (Å²) in [6.07, 6.45) is 2.92. The molecule has 4 heteroatoms. The van der Waals surface area contributed by atoms with Crippen molar-refractivity contribution in [2.24, 2.45) is 0 Å². The van der Waals surface area contributed by atoms with Crippen LogP contribution >= 0.6 is 0 Å². The summed E-state index contributed by atoms with van der Waals surface area (Å²) in [5.41, 5.74) is 6.12. The standard InChI is InChI=1S/C20H20N4/c1-14-3-2-4-19(24-14)23-13-15-5-7-16(8-6-15)17-9-11-21-20-18(17)10-12-22-20/h2-9,11H,10,12-13H2,1H3,(H,21,22)(H,23,24). The summed E-state index contributed by atoms with van der Waals surface area (Å²) in [5, 5.41) is 6.71. The lowest BCUT2D eigenvalue weighted by molar-refractivity contribution is 1.09. The number of aromatic nitrogens is 2. The summed E-state index contributed by atoms with van der Waals surface area (Å²) in [5.74, 6) is 1.95. The molecule has 0 amide bonds. The lowest BCUT2D eigenvalue weighted by atomic mass is 9.99. The van der Waals surface area contributed by atoms with Crippen molar-refractivity contribution >= 4 is 11.6 Å². The van der Waals surface area contributed by atoms with Gasteiger partial charge >= 0.3 is 0 Å². The summed E-state index contributed by atoms with van der Waals surface area (Å²) in [7, 11) is 0. The maximum Gasteiger partial charge on any atom is 0.129 e. The van der Waals surface area contributed by atoms with Gasteiger partial charge in [0.2, 0.25) is 0 Å². The average Bonchev–Trinajstić information content (AvgIpc) is 3.09. The minimum Gasteiger partial charge on any atom is -0.369 e. The van der Waals surface area contributed by atoms with Gasteiger partial charge in [0, 0.05) is 30.5 Å². The quantitative estimate of drug-likeness (QED) is 0.763. The molecule has 4 nitrogen and oxygen atoms in total. The molecule has 24 heavy (non-hydrogen) atoms. The predicted octanol–water partition coefficient (Wildman–Crippen LogP) is 4.03. The third-order valence-electron chi connectivity index (χ3n) is 4.35. The first-order chi connectivity index (χ1) is 11.8. The molecule has 2 N–H and O–H groups in total. The van der Waals surface area contributed by atoms with Gasteiger partial charge < -0.3 is 10.6 Å². The van der Waals surface area contributed by atoms with Crippen LogP contribution in [0.3, 0.4) is 0 Å². The van der Waals surface area contributed by atoms with Crippen LogP contribution in [-0.2, 0) is 13.0 Å². The maximum atomic E-state index is 4.47. The van der Waals surface area contributed by atoms with Crippen LogP contribution in [0, 0.1) is 6.92 Å². The molecule has 0 aliphatic carbocycles. The minimum atomic E-state index is 0.771. The van der Waals surface area contributed by atoms with Gasteiger partial charge in [-0.2, -0.15) is 0 Å². The summed E-state index contributed by atoms with van der Waals surface area (Å²) in [6.45, 7) is 3.75. The van der Waals surface area contributed by atoms with Crippen LogP contribution in [0.15, 0.2) is 54.7 Å². The van der Waals surface area contributed by atoms with E-state index in [9.17, 15) is 0 Å². The summed E-state index contributed by atoms with van der Waals surface area (Å²) < 4.78 is 0. The lowest BCUT2D eigenvalue weighted by Crippen LogP contribution is -2.01. The molecule has 0 radical (unpaired) electrons. The first-order valence-electron chi connectivity index (χ1n) is 8.28. The number of anilines is 2. The molecule has 1 aromatic carbocycles. The van der Waals surface area contributed by atoms with Gasteiger partial charge in [0.05, 0.1) is 0 Å². The largest absolute Gasteiger partial charge is 0.369 e. The van der Waals surface area contributed by atoms with E-state index < -0.39 is 0 Å². The number of hydrogen-bond acceptors (Lipinski definition) is 4.